The van der Waals surface area contributed by atoms with Crippen molar-refractivity contribution in [2.45, 2.75) is 20.0 Å². The summed E-state index contributed by atoms with van der Waals surface area (Å²) in [6.45, 7) is 5.20. The second-order valence-corrected chi connectivity index (χ2v) is 4.76. The summed E-state index contributed by atoms with van der Waals surface area (Å²) in [6, 6.07) is 3.53. The van der Waals surface area contributed by atoms with Gasteiger partial charge in [-0.25, -0.2) is 15.4 Å². The van der Waals surface area contributed by atoms with Crippen molar-refractivity contribution in [3.05, 3.63) is 18.3 Å². The van der Waals surface area contributed by atoms with Crippen LogP contribution in [0.15, 0.2) is 28.4 Å². The SMILES string of the molecule is CCN(CC(C)O)C(=Nc1ccc(OC)nc1)N/N=C/COC. The van der Waals surface area contributed by atoms with Gasteiger partial charge in [0.05, 0.1) is 37.9 Å². The normalized spacial score (nSPS) is 13.2. The zero-order valence-corrected chi connectivity index (χ0v) is 14.1. The van der Waals surface area contributed by atoms with E-state index in [9.17, 15) is 5.11 Å². The van der Waals surface area contributed by atoms with Crippen molar-refractivity contribution >= 4 is 17.9 Å². The van der Waals surface area contributed by atoms with E-state index in [1.165, 1.54) is 0 Å². The second-order valence-electron chi connectivity index (χ2n) is 4.76. The van der Waals surface area contributed by atoms with E-state index >= 15 is 0 Å². The van der Waals surface area contributed by atoms with Crippen molar-refractivity contribution in [1.82, 2.24) is 15.3 Å². The Morgan fingerprint density at radius 1 is 1.48 bits per heavy atom. The molecule has 1 rings (SSSR count). The van der Waals surface area contributed by atoms with Crippen LogP contribution in [0.4, 0.5) is 5.69 Å². The largest absolute Gasteiger partial charge is 0.481 e. The maximum absolute atomic E-state index is 9.64. The van der Waals surface area contributed by atoms with E-state index in [1.54, 1.807) is 45.7 Å². The van der Waals surface area contributed by atoms with E-state index in [-0.39, 0.29) is 0 Å². The number of methoxy groups -OCH3 is 2. The van der Waals surface area contributed by atoms with E-state index in [0.29, 0.717) is 37.2 Å². The quantitative estimate of drug-likeness (QED) is 0.421. The molecule has 0 saturated carbocycles. The van der Waals surface area contributed by atoms with Crippen LogP contribution in [-0.2, 0) is 4.74 Å². The molecular formula is C15H25N5O3. The van der Waals surface area contributed by atoms with Crippen molar-refractivity contribution in [1.29, 1.82) is 0 Å². The minimum Gasteiger partial charge on any atom is -0.481 e. The highest BCUT2D eigenvalue weighted by atomic mass is 16.5. The Morgan fingerprint density at radius 3 is 2.78 bits per heavy atom. The number of hydrogen-bond acceptors (Lipinski definition) is 6. The van der Waals surface area contributed by atoms with E-state index < -0.39 is 6.10 Å². The molecule has 8 nitrogen and oxygen atoms in total. The van der Waals surface area contributed by atoms with Gasteiger partial charge in [0.25, 0.3) is 0 Å². The first-order valence-corrected chi connectivity index (χ1v) is 7.38. The number of aliphatic hydroxyl groups excluding tert-OH is 1. The van der Waals surface area contributed by atoms with E-state index in [4.69, 9.17) is 9.47 Å². The van der Waals surface area contributed by atoms with Crippen molar-refractivity contribution in [3.8, 4) is 5.88 Å². The lowest BCUT2D eigenvalue weighted by Crippen LogP contribution is -2.42. The second kappa shape index (κ2) is 10.5. The lowest BCUT2D eigenvalue weighted by molar-refractivity contribution is 0.160. The van der Waals surface area contributed by atoms with Crippen LogP contribution in [0.2, 0.25) is 0 Å². The number of hydrogen-bond donors (Lipinski definition) is 2. The Hall–Kier alpha value is -2.19. The first-order chi connectivity index (χ1) is 11.1. The lowest BCUT2D eigenvalue weighted by atomic mass is 10.3. The van der Waals surface area contributed by atoms with Crippen molar-refractivity contribution in [3.63, 3.8) is 0 Å². The highest BCUT2D eigenvalue weighted by molar-refractivity contribution is 5.83. The predicted octanol–water partition coefficient (Wildman–Crippen LogP) is 1.00. The number of aliphatic imine (C=N–C) groups is 1. The first kappa shape index (κ1) is 18.9. The van der Waals surface area contributed by atoms with Crippen LogP contribution in [0.1, 0.15) is 13.8 Å². The summed E-state index contributed by atoms with van der Waals surface area (Å²) in [6.07, 6.45) is 2.71. The predicted molar refractivity (Wildman–Crippen MR) is 90.3 cm³/mol. The fourth-order valence-electron chi connectivity index (χ4n) is 1.75. The number of pyridine rings is 1. The maximum atomic E-state index is 9.64. The molecule has 1 aromatic rings. The summed E-state index contributed by atoms with van der Waals surface area (Å²) >= 11 is 0. The number of hydrazone groups is 1. The highest BCUT2D eigenvalue weighted by Gasteiger charge is 2.12. The van der Waals surface area contributed by atoms with Crippen molar-refractivity contribution in [2.75, 3.05) is 33.9 Å². The first-order valence-electron chi connectivity index (χ1n) is 7.38. The minimum absolute atomic E-state index is 0.396. The molecule has 1 heterocycles. The number of nitrogens with one attached hydrogen (secondary N) is 1. The number of aliphatic hydroxyl groups is 1. The minimum atomic E-state index is -0.487. The Balaban J connectivity index is 2.96. The van der Waals surface area contributed by atoms with Gasteiger partial charge in [0, 0.05) is 26.3 Å². The van der Waals surface area contributed by atoms with Crippen LogP contribution >= 0.6 is 0 Å². The fourth-order valence-corrected chi connectivity index (χ4v) is 1.75. The fraction of sp³-hybridized carbons (Fsp3) is 0.533. The molecule has 0 aromatic carbocycles. The third kappa shape index (κ3) is 7.07. The van der Waals surface area contributed by atoms with E-state index in [1.807, 2.05) is 11.8 Å². The topological polar surface area (TPSA) is 91.6 Å². The molecule has 8 heteroatoms. The van der Waals surface area contributed by atoms with Gasteiger partial charge >= 0.3 is 0 Å². The Kier molecular flexibility index (Phi) is 8.63. The Morgan fingerprint density at radius 2 is 2.26 bits per heavy atom. The molecule has 0 aliphatic heterocycles. The summed E-state index contributed by atoms with van der Waals surface area (Å²) < 4.78 is 9.94. The molecule has 0 saturated heterocycles. The molecule has 128 valence electrons. The molecular weight excluding hydrogens is 298 g/mol. The molecule has 1 aromatic heterocycles. The van der Waals surface area contributed by atoms with Crippen LogP contribution in [0.25, 0.3) is 0 Å². The smallest absolute Gasteiger partial charge is 0.220 e. The standard InChI is InChI=1S/C15H25N5O3/c1-5-20(11-12(2)21)15(19-17-8-9-22-3)18-13-6-7-14(23-4)16-10-13/h6-8,10,12,21H,5,9,11H2,1-4H3,(H,18,19)/b17-8+. The summed E-state index contributed by atoms with van der Waals surface area (Å²) in [7, 11) is 3.15. The third-order valence-electron chi connectivity index (χ3n) is 2.83. The summed E-state index contributed by atoms with van der Waals surface area (Å²) in [5.74, 6) is 1.04. The molecule has 0 aliphatic carbocycles. The molecule has 1 atom stereocenters. The maximum Gasteiger partial charge on any atom is 0.220 e. The zero-order valence-electron chi connectivity index (χ0n) is 14.1. The van der Waals surface area contributed by atoms with E-state index in [2.05, 4.69) is 20.5 Å². The van der Waals surface area contributed by atoms with Crippen LogP contribution in [-0.4, -0.2) is 67.2 Å². The lowest BCUT2D eigenvalue weighted by Gasteiger charge is -2.25. The summed E-state index contributed by atoms with van der Waals surface area (Å²) in [4.78, 5) is 10.5. The summed E-state index contributed by atoms with van der Waals surface area (Å²) in [5, 5.41) is 13.7. The Labute approximate surface area is 136 Å². The molecule has 0 bridgehead atoms. The highest BCUT2D eigenvalue weighted by Crippen LogP contribution is 2.14. The van der Waals surface area contributed by atoms with Gasteiger partial charge in [-0.1, -0.05) is 0 Å². The van der Waals surface area contributed by atoms with Crippen molar-refractivity contribution in [2.24, 2.45) is 10.1 Å². The van der Waals surface area contributed by atoms with Gasteiger partial charge in [-0.3, -0.25) is 0 Å². The van der Waals surface area contributed by atoms with Gasteiger partial charge in [-0.15, -0.1) is 0 Å². The third-order valence-corrected chi connectivity index (χ3v) is 2.83. The van der Waals surface area contributed by atoms with Gasteiger partial charge in [-0.05, 0) is 19.9 Å². The summed E-state index contributed by atoms with van der Waals surface area (Å²) in [5.41, 5.74) is 3.54. The van der Waals surface area contributed by atoms with Crippen LogP contribution in [0.3, 0.4) is 0 Å². The molecule has 2 N–H and O–H groups in total. The number of rotatable bonds is 8. The molecule has 0 amide bonds. The molecule has 23 heavy (non-hydrogen) atoms. The van der Waals surface area contributed by atoms with Crippen LogP contribution < -0.4 is 10.2 Å². The van der Waals surface area contributed by atoms with Crippen LogP contribution in [0, 0.1) is 0 Å². The number of nitrogens with zero attached hydrogens (tertiary/aromatic N) is 4. The molecule has 0 aliphatic rings. The van der Waals surface area contributed by atoms with Gasteiger partial charge in [-0.2, -0.15) is 5.10 Å². The average molecular weight is 323 g/mol. The van der Waals surface area contributed by atoms with Gasteiger partial charge < -0.3 is 19.5 Å². The monoisotopic (exact) mass is 323 g/mol. The number of likely N-dealkylation sites (N-methyl/N-ethyl adjacent to an activating group) is 1. The number of ether oxygens (including phenoxy) is 2. The van der Waals surface area contributed by atoms with Gasteiger partial charge in [0.2, 0.25) is 11.8 Å². The molecule has 0 fully saturated rings. The average Bonchev–Trinajstić information content (AvgIpc) is 2.56. The molecule has 0 radical (unpaired) electrons. The van der Waals surface area contributed by atoms with E-state index in [0.717, 1.165) is 0 Å². The van der Waals surface area contributed by atoms with Crippen molar-refractivity contribution < 1.29 is 14.6 Å². The number of guanidine groups is 1. The zero-order chi connectivity index (χ0) is 17.1. The number of aromatic nitrogens is 1. The van der Waals surface area contributed by atoms with Crippen LogP contribution in [0.5, 0.6) is 5.88 Å². The van der Waals surface area contributed by atoms with Gasteiger partial charge in [0.1, 0.15) is 0 Å². The van der Waals surface area contributed by atoms with Gasteiger partial charge in [0.15, 0.2) is 0 Å². The molecule has 1 unspecified atom stereocenters. The molecule has 0 spiro atoms. The Bertz CT molecular complexity index is 502.